The molecule has 0 bridgehead atoms. The maximum absolute atomic E-state index is 12.4. The molecule has 1 aliphatic rings. The molecule has 2 amide bonds. The van der Waals surface area contributed by atoms with Gasteiger partial charge in [0.1, 0.15) is 12.1 Å². The third kappa shape index (κ3) is 4.72. The quantitative estimate of drug-likeness (QED) is 0.740. The molecule has 1 heterocycles. The molecule has 21 heavy (non-hydrogen) atoms. The van der Waals surface area contributed by atoms with Crippen molar-refractivity contribution in [1.82, 2.24) is 10.2 Å². The topological polar surface area (TPSA) is 86.7 Å². The number of hydrogen-bond donors (Lipinski definition) is 2. The van der Waals surface area contributed by atoms with Crippen molar-refractivity contribution in [3.63, 3.8) is 0 Å². The fraction of sp³-hybridized carbons (Fsp3) is 0.800. The first-order valence-corrected chi connectivity index (χ1v) is 7.56. The van der Waals surface area contributed by atoms with Crippen LogP contribution < -0.4 is 5.32 Å². The molecule has 0 radical (unpaired) electrons. The molecule has 1 aliphatic heterocycles. The molecule has 0 saturated carbocycles. The summed E-state index contributed by atoms with van der Waals surface area (Å²) in [5, 5.41) is 11.8. The van der Waals surface area contributed by atoms with E-state index in [9.17, 15) is 19.5 Å². The van der Waals surface area contributed by atoms with Crippen molar-refractivity contribution in [1.29, 1.82) is 0 Å². The Morgan fingerprint density at radius 2 is 1.90 bits per heavy atom. The largest absolute Gasteiger partial charge is 0.480 e. The van der Waals surface area contributed by atoms with E-state index in [-0.39, 0.29) is 23.7 Å². The molecular formula is C15H26N2O4. The van der Waals surface area contributed by atoms with Crippen LogP contribution in [0.1, 0.15) is 47.0 Å². The van der Waals surface area contributed by atoms with Crippen molar-refractivity contribution in [2.75, 3.05) is 6.54 Å². The van der Waals surface area contributed by atoms with E-state index in [0.29, 0.717) is 19.4 Å². The van der Waals surface area contributed by atoms with Gasteiger partial charge in [0.25, 0.3) is 0 Å². The summed E-state index contributed by atoms with van der Waals surface area (Å²) in [5.74, 6) is -1.32. The van der Waals surface area contributed by atoms with Crippen LogP contribution in [0.25, 0.3) is 0 Å². The highest BCUT2D eigenvalue weighted by Gasteiger charge is 2.36. The summed E-state index contributed by atoms with van der Waals surface area (Å²) in [6.07, 6.45) is 1.59. The van der Waals surface area contributed by atoms with E-state index < -0.39 is 18.1 Å². The molecule has 0 aromatic carbocycles. The fourth-order valence-corrected chi connectivity index (χ4v) is 2.72. The van der Waals surface area contributed by atoms with E-state index in [2.05, 4.69) is 5.32 Å². The molecule has 6 nitrogen and oxygen atoms in total. The highest BCUT2D eigenvalue weighted by atomic mass is 16.4. The van der Waals surface area contributed by atoms with Crippen molar-refractivity contribution < 1.29 is 19.5 Å². The summed E-state index contributed by atoms with van der Waals surface area (Å²) < 4.78 is 0. The number of likely N-dealkylation sites (tertiary alicyclic amines) is 1. The average molecular weight is 298 g/mol. The van der Waals surface area contributed by atoms with Crippen LogP contribution in [0, 0.1) is 11.8 Å². The molecule has 1 saturated heterocycles. The summed E-state index contributed by atoms with van der Waals surface area (Å²) in [6, 6.07) is -1.49. The van der Waals surface area contributed by atoms with Gasteiger partial charge < -0.3 is 15.3 Å². The van der Waals surface area contributed by atoms with E-state index >= 15 is 0 Å². The molecule has 2 atom stereocenters. The van der Waals surface area contributed by atoms with Crippen LogP contribution in [0.4, 0.5) is 0 Å². The van der Waals surface area contributed by atoms with E-state index in [1.54, 1.807) is 4.90 Å². The second kappa shape index (κ2) is 7.43. The fourth-order valence-electron chi connectivity index (χ4n) is 2.72. The van der Waals surface area contributed by atoms with Gasteiger partial charge >= 0.3 is 5.97 Å². The molecule has 0 aromatic rings. The highest BCUT2D eigenvalue weighted by Crippen LogP contribution is 2.19. The predicted octanol–water partition coefficient (Wildman–Crippen LogP) is 1.25. The minimum Gasteiger partial charge on any atom is -0.480 e. The number of hydrogen-bond acceptors (Lipinski definition) is 3. The summed E-state index contributed by atoms with van der Waals surface area (Å²) >= 11 is 0. The first kappa shape index (κ1) is 17.5. The molecule has 6 heteroatoms. The van der Waals surface area contributed by atoms with Crippen molar-refractivity contribution >= 4 is 17.8 Å². The van der Waals surface area contributed by atoms with Crippen LogP contribution in [0.2, 0.25) is 0 Å². The molecule has 2 N–H and O–H groups in total. The van der Waals surface area contributed by atoms with E-state index in [1.165, 1.54) is 0 Å². The van der Waals surface area contributed by atoms with Crippen LogP contribution in [-0.2, 0) is 14.4 Å². The van der Waals surface area contributed by atoms with Gasteiger partial charge in [-0.25, -0.2) is 4.79 Å². The lowest BCUT2D eigenvalue weighted by atomic mass is 9.99. The molecule has 120 valence electrons. The van der Waals surface area contributed by atoms with E-state index in [0.717, 1.165) is 6.42 Å². The number of carboxylic acids is 1. The molecule has 0 aromatic heterocycles. The Kier molecular flexibility index (Phi) is 6.18. The zero-order chi connectivity index (χ0) is 16.2. The Labute approximate surface area is 125 Å². The number of amides is 2. The number of aliphatic carboxylic acids is 1. The van der Waals surface area contributed by atoms with Gasteiger partial charge in [0, 0.05) is 13.0 Å². The Balaban J connectivity index is 2.80. The normalized spacial score (nSPS) is 18.2. The number of carbonyl (C=O) groups is 3. The zero-order valence-corrected chi connectivity index (χ0v) is 13.3. The number of nitrogens with one attached hydrogen (secondary N) is 1. The lowest BCUT2D eigenvalue weighted by Crippen LogP contribution is -2.54. The third-order valence-electron chi connectivity index (χ3n) is 3.67. The maximum Gasteiger partial charge on any atom is 0.326 e. The number of nitrogens with zero attached hydrogens (tertiary/aromatic N) is 1. The van der Waals surface area contributed by atoms with E-state index in [4.69, 9.17) is 0 Å². The monoisotopic (exact) mass is 298 g/mol. The number of carboxylic acid groups (broad SMARTS) is 1. The SMILES string of the molecule is CC(C)C[C@@H](NC(=O)C(C(C)C)N1CCCC1=O)C(=O)O. The zero-order valence-electron chi connectivity index (χ0n) is 13.3. The maximum atomic E-state index is 12.4. The third-order valence-corrected chi connectivity index (χ3v) is 3.67. The second-order valence-electron chi connectivity index (χ2n) is 6.41. The van der Waals surface area contributed by atoms with Gasteiger partial charge in [-0.2, -0.15) is 0 Å². The van der Waals surface area contributed by atoms with Crippen LogP contribution in [-0.4, -0.2) is 46.4 Å². The molecule has 1 fully saturated rings. The average Bonchev–Trinajstić information content (AvgIpc) is 2.74. The Bertz CT molecular complexity index is 406. The smallest absolute Gasteiger partial charge is 0.326 e. The Hall–Kier alpha value is -1.59. The number of carbonyl (C=O) groups excluding carboxylic acids is 2. The summed E-state index contributed by atoms with van der Waals surface area (Å²) in [7, 11) is 0. The van der Waals surface area contributed by atoms with E-state index in [1.807, 2.05) is 27.7 Å². The summed E-state index contributed by atoms with van der Waals surface area (Å²) in [5.41, 5.74) is 0. The molecule has 0 spiro atoms. The van der Waals surface area contributed by atoms with Gasteiger partial charge in [0.15, 0.2) is 0 Å². The van der Waals surface area contributed by atoms with Crippen molar-refractivity contribution in [2.24, 2.45) is 11.8 Å². The Morgan fingerprint density at radius 3 is 2.29 bits per heavy atom. The van der Waals surface area contributed by atoms with Gasteiger partial charge in [-0.05, 0) is 24.7 Å². The van der Waals surface area contributed by atoms with Gasteiger partial charge in [-0.3, -0.25) is 9.59 Å². The first-order valence-electron chi connectivity index (χ1n) is 7.56. The molecule has 1 rings (SSSR count). The summed E-state index contributed by atoms with van der Waals surface area (Å²) in [6.45, 7) is 8.12. The van der Waals surface area contributed by atoms with Gasteiger partial charge in [-0.15, -0.1) is 0 Å². The lowest BCUT2D eigenvalue weighted by molar-refractivity contribution is -0.145. The van der Waals surface area contributed by atoms with Gasteiger partial charge in [-0.1, -0.05) is 27.7 Å². The highest BCUT2D eigenvalue weighted by molar-refractivity contribution is 5.91. The van der Waals surface area contributed by atoms with Crippen molar-refractivity contribution in [3.05, 3.63) is 0 Å². The van der Waals surface area contributed by atoms with Crippen LogP contribution in [0.5, 0.6) is 0 Å². The van der Waals surface area contributed by atoms with Gasteiger partial charge in [0.05, 0.1) is 0 Å². The Morgan fingerprint density at radius 1 is 1.29 bits per heavy atom. The first-order chi connectivity index (χ1) is 9.73. The predicted molar refractivity (Wildman–Crippen MR) is 78.6 cm³/mol. The summed E-state index contributed by atoms with van der Waals surface area (Å²) in [4.78, 5) is 37.1. The molecule has 0 aliphatic carbocycles. The standard InChI is InChI=1S/C15H26N2O4/c1-9(2)8-11(15(20)21)16-14(19)13(10(3)4)17-7-5-6-12(17)18/h9-11,13H,5-8H2,1-4H3,(H,16,19)(H,20,21)/t11-,13?/m1/s1. The van der Waals surface area contributed by atoms with Crippen LogP contribution in [0.15, 0.2) is 0 Å². The lowest BCUT2D eigenvalue weighted by Gasteiger charge is -2.31. The second-order valence-corrected chi connectivity index (χ2v) is 6.41. The van der Waals surface area contributed by atoms with Crippen LogP contribution >= 0.6 is 0 Å². The van der Waals surface area contributed by atoms with Crippen molar-refractivity contribution in [3.8, 4) is 0 Å². The van der Waals surface area contributed by atoms with Crippen molar-refractivity contribution in [2.45, 2.75) is 59.0 Å². The minimum absolute atomic E-state index is 0.0282. The minimum atomic E-state index is -1.03. The van der Waals surface area contributed by atoms with Gasteiger partial charge in [0.2, 0.25) is 11.8 Å². The molecule has 1 unspecified atom stereocenters. The number of rotatable bonds is 7. The molecular weight excluding hydrogens is 272 g/mol. The van der Waals surface area contributed by atoms with Crippen LogP contribution in [0.3, 0.4) is 0 Å².